The summed E-state index contributed by atoms with van der Waals surface area (Å²) in [6.07, 6.45) is 9.84. The number of benzene rings is 1. The van der Waals surface area contributed by atoms with Gasteiger partial charge in [-0.25, -0.2) is 4.79 Å². The van der Waals surface area contributed by atoms with E-state index in [0.29, 0.717) is 13.2 Å². The summed E-state index contributed by atoms with van der Waals surface area (Å²) in [6.45, 7) is 4.41. The van der Waals surface area contributed by atoms with Crippen LogP contribution in [0, 0.1) is 0 Å². The lowest BCUT2D eigenvalue weighted by molar-refractivity contribution is -0.594. The second-order valence-corrected chi connectivity index (χ2v) is 9.51. The molecule has 3 aliphatic rings. The van der Waals surface area contributed by atoms with Crippen LogP contribution < -0.4 is 14.8 Å². The third-order valence-electron chi connectivity index (χ3n) is 6.12. The summed E-state index contributed by atoms with van der Waals surface area (Å²) in [6, 6.07) is 8.49. The van der Waals surface area contributed by atoms with Gasteiger partial charge in [0.1, 0.15) is 24.1 Å². The maximum Gasteiger partial charge on any atom is 0.352 e. The van der Waals surface area contributed by atoms with Gasteiger partial charge in [-0.15, -0.1) is 11.3 Å². The van der Waals surface area contributed by atoms with Crippen LogP contribution in [0.1, 0.15) is 44.9 Å². The molecule has 30 heavy (non-hydrogen) atoms. The van der Waals surface area contributed by atoms with Gasteiger partial charge in [0.25, 0.3) is 0 Å². The first-order valence-electron chi connectivity index (χ1n) is 11.0. The van der Waals surface area contributed by atoms with Crippen molar-refractivity contribution in [2.24, 2.45) is 0 Å². The molecule has 2 aromatic rings. The molecule has 158 valence electrons. The Morgan fingerprint density at radius 3 is 2.80 bits per heavy atom. The minimum absolute atomic E-state index is 0.171. The fraction of sp³-hybridized carbons (Fsp3) is 0.458. The normalized spacial score (nSPS) is 18.9. The van der Waals surface area contributed by atoms with E-state index in [1.807, 2.05) is 11.4 Å². The van der Waals surface area contributed by atoms with Crippen LogP contribution >= 0.6 is 11.3 Å². The molecule has 6 heteroatoms. The Hall–Kier alpha value is -2.15. The maximum absolute atomic E-state index is 13.1. The molecule has 1 unspecified atom stereocenters. The highest BCUT2D eigenvalue weighted by atomic mass is 32.1. The van der Waals surface area contributed by atoms with Crippen LogP contribution in [0.5, 0.6) is 11.5 Å². The standard InChI is InChI=1S/C24H28N2O3S/c27-24(23-15-18-5-1-2-6-22(18)30-23)25-19(16-26-9-3-4-10-26)13-17-7-8-20-21(14-17)29-12-11-28-20/h2,6-8,14-15,19H,1,3-5,9-13,16H2,(H,25,27)/p+1. The average Bonchev–Trinajstić information content (AvgIpc) is 3.43. The summed E-state index contributed by atoms with van der Waals surface area (Å²) in [5.74, 6) is 1.81. The Bertz CT molecular complexity index is 946. The number of amides is 1. The third kappa shape index (κ3) is 4.46. The molecule has 1 aromatic carbocycles. The van der Waals surface area contributed by atoms with E-state index in [4.69, 9.17) is 9.47 Å². The number of hydrogen-bond donors (Lipinski definition) is 1. The molecule has 1 aliphatic carbocycles. The summed E-state index contributed by atoms with van der Waals surface area (Å²) in [5, 5.41) is 1.97. The van der Waals surface area contributed by atoms with Crippen molar-refractivity contribution in [3.05, 3.63) is 51.2 Å². The number of carbonyl (C=O) groups is 1. The van der Waals surface area contributed by atoms with Crippen molar-refractivity contribution in [1.82, 2.24) is 4.90 Å². The van der Waals surface area contributed by atoms with E-state index in [2.05, 4.69) is 35.3 Å². The second-order valence-electron chi connectivity index (χ2n) is 8.42. The lowest BCUT2D eigenvalue weighted by atomic mass is 10.0. The van der Waals surface area contributed by atoms with Crippen molar-refractivity contribution in [3.63, 3.8) is 0 Å². The zero-order valence-corrected chi connectivity index (χ0v) is 18.1. The highest BCUT2D eigenvalue weighted by molar-refractivity contribution is 7.15. The lowest BCUT2D eigenvalue weighted by Gasteiger charge is -2.22. The Balaban J connectivity index is 1.31. The topological polar surface area (TPSA) is 55.4 Å². The second kappa shape index (κ2) is 8.92. The molecule has 3 heterocycles. The number of carbonyl (C=O) groups excluding carboxylic acids is 1. The molecule has 5 rings (SSSR count). The van der Waals surface area contributed by atoms with E-state index in [0.717, 1.165) is 55.3 Å². The van der Waals surface area contributed by atoms with Crippen LogP contribution in [0.3, 0.4) is 0 Å². The number of aryl methyl sites for hydroxylation is 1. The molecule has 1 saturated heterocycles. The Morgan fingerprint density at radius 1 is 1.13 bits per heavy atom. The number of rotatable bonds is 6. The predicted molar refractivity (Wildman–Crippen MR) is 119 cm³/mol. The van der Waals surface area contributed by atoms with E-state index in [1.54, 1.807) is 11.3 Å². The Kier molecular flexibility index (Phi) is 5.88. The van der Waals surface area contributed by atoms with Gasteiger partial charge in [0.2, 0.25) is 0 Å². The molecular formula is C24H29N2O3S+. The van der Waals surface area contributed by atoms with Gasteiger partial charge in [-0.2, -0.15) is 0 Å². The number of primary amides is 1. The number of allylic oxidation sites excluding steroid dienone is 1. The van der Waals surface area contributed by atoms with Crippen LogP contribution in [-0.4, -0.2) is 49.7 Å². The molecule has 2 aliphatic heterocycles. The van der Waals surface area contributed by atoms with Crippen LogP contribution in [0.2, 0.25) is 0 Å². The molecule has 0 radical (unpaired) electrons. The summed E-state index contributed by atoms with van der Waals surface area (Å²) < 4.78 is 11.4. The molecule has 1 amide bonds. The van der Waals surface area contributed by atoms with Gasteiger partial charge < -0.3 is 9.47 Å². The van der Waals surface area contributed by atoms with Crippen molar-refractivity contribution in [1.29, 1.82) is 0 Å². The number of nitrogens with zero attached hydrogens (tertiary/aromatic N) is 1. The molecule has 1 atom stereocenters. The van der Waals surface area contributed by atoms with E-state index in [9.17, 15) is 4.79 Å². The van der Waals surface area contributed by atoms with Crippen molar-refractivity contribution < 1.29 is 19.6 Å². The monoisotopic (exact) mass is 425 g/mol. The number of fused-ring (bicyclic) bond motifs is 2. The van der Waals surface area contributed by atoms with E-state index in [1.165, 1.54) is 28.8 Å². The van der Waals surface area contributed by atoms with Gasteiger partial charge in [-0.3, -0.25) is 10.2 Å². The molecule has 5 nitrogen and oxygen atoms in total. The summed E-state index contributed by atoms with van der Waals surface area (Å²) in [7, 11) is 0. The molecule has 0 saturated carbocycles. The van der Waals surface area contributed by atoms with Crippen LogP contribution in [0.15, 0.2) is 30.3 Å². The number of quaternary nitrogens is 1. The van der Waals surface area contributed by atoms with Gasteiger partial charge in [-0.05, 0) is 74.2 Å². The quantitative estimate of drug-likeness (QED) is 0.773. The maximum atomic E-state index is 13.1. The van der Waals surface area contributed by atoms with E-state index in [-0.39, 0.29) is 11.9 Å². The van der Waals surface area contributed by atoms with E-state index >= 15 is 0 Å². The molecule has 1 fully saturated rings. The number of likely N-dealkylation sites (tertiary alicyclic amines) is 1. The highest BCUT2D eigenvalue weighted by Gasteiger charge is 2.26. The summed E-state index contributed by atoms with van der Waals surface area (Å²) >= 11 is 1.64. The van der Waals surface area contributed by atoms with Gasteiger partial charge in [-0.1, -0.05) is 12.1 Å². The molecular weight excluding hydrogens is 396 g/mol. The van der Waals surface area contributed by atoms with Gasteiger partial charge in [0, 0.05) is 11.3 Å². The zero-order valence-electron chi connectivity index (χ0n) is 17.3. The zero-order chi connectivity index (χ0) is 20.3. The number of ether oxygens (including phenoxy) is 2. The first-order chi connectivity index (χ1) is 14.7. The number of nitrogens with two attached hydrogens (primary N) is 1. The van der Waals surface area contributed by atoms with Gasteiger partial charge >= 0.3 is 5.91 Å². The fourth-order valence-electron chi connectivity index (χ4n) is 4.62. The summed E-state index contributed by atoms with van der Waals surface area (Å²) in [4.78, 5) is 17.8. The largest absolute Gasteiger partial charge is 0.486 e. The smallest absolute Gasteiger partial charge is 0.352 e. The van der Waals surface area contributed by atoms with Gasteiger partial charge in [0.05, 0.1) is 6.54 Å². The fourth-order valence-corrected chi connectivity index (χ4v) is 5.68. The minimum Gasteiger partial charge on any atom is -0.486 e. The van der Waals surface area contributed by atoms with Crippen molar-refractivity contribution in [2.45, 2.75) is 38.1 Å². The van der Waals surface area contributed by atoms with Crippen molar-refractivity contribution >= 4 is 23.3 Å². The minimum atomic E-state index is 0.171. The Labute approximate surface area is 181 Å². The van der Waals surface area contributed by atoms with Crippen LogP contribution in [-0.2, 0) is 12.8 Å². The van der Waals surface area contributed by atoms with Crippen molar-refractivity contribution in [2.75, 3.05) is 32.8 Å². The molecule has 0 bridgehead atoms. The molecule has 1 aromatic heterocycles. The molecule has 0 spiro atoms. The third-order valence-corrected chi connectivity index (χ3v) is 7.27. The van der Waals surface area contributed by atoms with Crippen LogP contribution in [0.25, 0.3) is 6.08 Å². The van der Waals surface area contributed by atoms with E-state index < -0.39 is 0 Å². The van der Waals surface area contributed by atoms with Gasteiger partial charge in [0.15, 0.2) is 11.5 Å². The van der Waals surface area contributed by atoms with Crippen LogP contribution in [0.4, 0.5) is 0 Å². The Morgan fingerprint density at radius 2 is 1.97 bits per heavy atom. The highest BCUT2D eigenvalue weighted by Crippen LogP contribution is 2.31. The average molecular weight is 426 g/mol. The first kappa shape index (κ1) is 19.8. The lowest BCUT2D eigenvalue weighted by Crippen LogP contribution is -2.95. The first-order valence-corrected chi connectivity index (χ1v) is 11.9. The summed E-state index contributed by atoms with van der Waals surface area (Å²) in [5.41, 5.74) is 2.52. The molecule has 2 N–H and O–H groups in total. The number of thiophene rings is 1. The van der Waals surface area contributed by atoms with Crippen molar-refractivity contribution in [3.8, 4) is 11.5 Å². The predicted octanol–water partition coefficient (Wildman–Crippen LogP) is 2.89. The SMILES string of the molecule is O=C([NH2+]C(Cc1ccc2c(c1)OCCO2)CN1CCCC1)c1cc2c(s1)C=CCC2. The number of hydrogen-bond acceptors (Lipinski definition) is 5.